The quantitative estimate of drug-likeness (QED) is 0.765. The van der Waals surface area contributed by atoms with Crippen molar-refractivity contribution in [1.29, 1.82) is 0 Å². The lowest BCUT2D eigenvalue weighted by atomic mass is 10.4. The van der Waals surface area contributed by atoms with Crippen molar-refractivity contribution >= 4 is 33.6 Å². The van der Waals surface area contributed by atoms with E-state index in [-0.39, 0.29) is 0 Å². The Kier molecular flexibility index (Phi) is 4.76. The summed E-state index contributed by atoms with van der Waals surface area (Å²) in [6.45, 7) is 0.707. The summed E-state index contributed by atoms with van der Waals surface area (Å²) in [5, 5.41) is 0. The molecule has 0 radical (unpaired) electrons. The van der Waals surface area contributed by atoms with Crippen LogP contribution in [0, 0.1) is 0 Å². The van der Waals surface area contributed by atoms with Crippen LogP contribution in [-0.4, -0.2) is 37.9 Å². The van der Waals surface area contributed by atoms with E-state index in [2.05, 4.69) is 9.97 Å². The van der Waals surface area contributed by atoms with Gasteiger partial charge in [-0.15, -0.1) is 11.6 Å². The molecule has 2 rings (SSSR count). The second kappa shape index (κ2) is 6.34. The first-order valence-electron chi connectivity index (χ1n) is 5.92. The number of rotatable bonds is 6. The molecule has 2 heterocycles. The Labute approximate surface area is 119 Å². The van der Waals surface area contributed by atoms with Crippen molar-refractivity contribution in [1.82, 2.24) is 14.5 Å². The smallest absolute Gasteiger partial charge is 0.215 e. The third-order valence-corrected chi connectivity index (χ3v) is 3.89. The van der Waals surface area contributed by atoms with Gasteiger partial charge in [0.1, 0.15) is 11.3 Å². The lowest BCUT2D eigenvalue weighted by molar-refractivity contribution is 0.399. The Balaban J connectivity index is 2.34. The maximum atomic E-state index is 11.1. The van der Waals surface area contributed by atoms with Crippen LogP contribution in [0.4, 0.5) is 0 Å². The first kappa shape index (κ1) is 14.3. The second-order valence-electron chi connectivity index (χ2n) is 4.14. The molecule has 0 N–H and O–H groups in total. The van der Waals surface area contributed by atoms with Crippen LogP contribution in [0.1, 0.15) is 12.2 Å². The molecule has 0 aliphatic rings. The molecule has 0 saturated heterocycles. The topological polar surface area (TPSA) is 57.0 Å². The molecule has 2 aromatic rings. The predicted octanol–water partition coefficient (Wildman–Crippen LogP) is 1.95. The summed E-state index contributed by atoms with van der Waals surface area (Å²) in [6.07, 6.45) is 2.51. The van der Waals surface area contributed by atoms with Crippen LogP contribution in [0.15, 0.2) is 12.1 Å². The van der Waals surface area contributed by atoms with Crippen molar-refractivity contribution in [3.8, 4) is 5.88 Å². The van der Waals surface area contributed by atoms with Gasteiger partial charge in [0.2, 0.25) is 5.88 Å². The highest BCUT2D eigenvalue weighted by atomic mass is 35.5. The zero-order chi connectivity index (χ0) is 13.8. The molecule has 0 spiro atoms. The highest BCUT2D eigenvalue weighted by Gasteiger charge is 2.12. The van der Waals surface area contributed by atoms with Gasteiger partial charge in [0.05, 0.1) is 13.0 Å². The molecular weight excluding hydrogens is 286 g/mol. The minimum absolute atomic E-state index is 0.327. The van der Waals surface area contributed by atoms with Crippen molar-refractivity contribution in [2.24, 2.45) is 0 Å². The van der Waals surface area contributed by atoms with E-state index in [1.54, 1.807) is 19.4 Å². The van der Waals surface area contributed by atoms with Gasteiger partial charge < -0.3 is 9.30 Å². The van der Waals surface area contributed by atoms with Gasteiger partial charge in [-0.3, -0.25) is 4.21 Å². The molecule has 2 aromatic heterocycles. The summed E-state index contributed by atoms with van der Waals surface area (Å²) >= 11 is 5.92. The van der Waals surface area contributed by atoms with Crippen molar-refractivity contribution in [3.63, 3.8) is 0 Å². The monoisotopic (exact) mass is 301 g/mol. The van der Waals surface area contributed by atoms with Gasteiger partial charge in [0.15, 0.2) is 5.65 Å². The molecule has 5 nitrogen and oxygen atoms in total. The van der Waals surface area contributed by atoms with Crippen LogP contribution in [0.25, 0.3) is 11.2 Å². The van der Waals surface area contributed by atoms with Gasteiger partial charge in [-0.1, -0.05) is 0 Å². The molecule has 19 heavy (non-hydrogen) atoms. The lowest BCUT2D eigenvalue weighted by Gasteiger charge is -2.06. The maximum Gasteiger partial charge on any atom is 0.215 e. The Bertz CT molecular complexity index is 600. The fourth-order valence-electron chi connectivity index (χ4n) is 1.91. The molecule has 1 atom stereocenters. The zero-order valence-electron chi connectivity index (χ0n) is 10.9. The highest BCUT2D eigenvalue weighted by molar-refractivity contribution is 7.84. The molecule has 0 aliphatic heterocycles. The number of alkyl halides is 1. The molecule has 7 heteroatoms. The van der Waals surface area contributed by atoms with Crippen LogP contribution in [-0.2, 0) is 23.2 Å². The summed E-state index contributed by atoms with van der Waals surface area (Å²) in [7, 11) is 0.794. The van der Waals surface area contributed by atoms with Crippen LogP contribution in [0.5, 0.6) is 5.88 Å². The Morgan fingerprint density at radius 1 is 1.42 bits per heavy atom. The van der Waals surface area contributed by atoms with E-state index >= 15 is 0 Å². The standard InChI is InChI=1S/C12H16ClN3O2S/c1-18-11-5-4-9-12(15-11)16(10(8-13)14-9)6-3-7-19(2)17/h4-5H,3,6-8H2,1-2H3. The third kappa shape index (κ3) is 3.25. The van der Waals surface area contributed by atoms with Crippen molar-refractivity contribution < 1.29 is 8.95 Å². The van der Waals surface area contributed by atoms with Gasteiger partial charge in [0.25, 0.3) is 0 Å². The summed E-state index contributed by atoms with van der Waals surface area (Å²) in [5.41, 5.74) is 1.56. The molecule has 0 amide bonds. The third-order valence-electron chi connectivity index (χ3n) is 2.79. The molecule has 0 bridgehead atoms. The molecule has 0 fully saturated rings. The van der Waals surface area contributed by atoms with Crippen LogP contribution < -0.4 is 4.74 Å². The van der Waals surface area contributed by atoms with E-state index in [0.29, 0.717) is 24.1 Å². The number of ether oxygens (including phenoxy) is 1. The number of aromatic nitrogens is 3. The largest absolute Gasteiger partial charge is 0.481 e. The summed E-state index contributed by atoms with van der Waals surface area (Å²) < 4.78 is 18.2. The van der Waals surface area contributed by atoms with Gasteiger partial charge in [-0.25, -0.2) is 4.98 Å². The Hall–Kier alpha value is -1.14. The van der Waals surface area contributed by atoms with Gasteiger partial charge in [0, 0.05) is 35.4 Å². The van der Waals surface area contributed by atoms with Crippen molar-refractivity contribution in [2.45, 2.75) is 18.8 Å². The summed E-state index contributed by atoms with van der Waals surface area (Å²) in [5.74, 6) is 2.31. The number of pyridine rings is 1. The van der Waals surface area contributed by atoms with Gasteiger partial charge in [-0.05, 0) is 12.5 Å². The number of hydrogen-bond donors (Lipinski definition) is 0. The molecule has 104 valence electrons. The fourth-order valence-corrected chi connectivity index (χ4v) is 2.65. The minimum Gasteiger partial charge on any atom is -0.481 e. The molecule has 0 aromatic carbocycles. The Morgan fingerprint density at radius 2 is 2.21 bits per heavy atom. The molecular formula is C12H16ClN3O2S. The highest BCUT2D eigenvalue weighted by Crippen LogP contribution is 2.19. The average Bonchev–Trinajstić information content (AvgIpc) is 2.75. The number of imidazole rings is 1. The number of hydrogen-bond acceptors (Lipinski definition) is 4. The van der Waals surface area contributed by atoms with Gasteiger partial charge >= 0.3 is 0 Å². The first-order valence-corrected chi connectivity index (χ1v) is 8.18. The van der Waals surface area contributed by atoms with E-state index in [1.165, 1.54) is 0 Å². The Morgan fingerprint density at radius 3 is 2.84 bits per heavy atom. The first-order chi connectivity index (χ1) is 9.15. The fraction of sp³-hybridized carbons (Fsp3) is 0.500. The van der Waals surface area contributed by atoms with Crippen LogP contribution in [0.3, 0.4) is 0 Å². The van der Waals surface area contributed by atoms with Crippen LogP contribution >= 0.6 is 11.6 Å². The maximum absolute atomic E-state index is 11.1. The van der Waals surface area contributed by atoms with E-state index in [1.807, 2.05) is 10.6 Å². The average molecular weight is 302 g/mol. The number of methoxy groups -OCH3 is 1. The zero-order valence-corrected chi connectivity index (χ0v) is 12.5. The summed E-state index contributed by atoms with van der Waals surface area (Å²) in [6, 6.07) is 3.64. The summed E-state index contributed by atoms with van der Waals surface area (Å²) in [4.78, 5) is 8.85. The van der Waals surface area contributed by atoms with Crippen LogP contribution in [0.2, 0.25) is 0 Å². The van der Waals surface area contributed by atoms with Crippen molar-refractivity contribution in [2.75, 3.05) is 19.1 Å². The molecule has 0 aliphatic carbocycles. The van der Waals surface area contributed by atoms with E-state index in [9.17, 15) is 4.21 Å². The normalized spacial score (nSPS) is 12.8. The molecule has 0 saturated carbocycles. The van der Waals surface area contributed by atoms with E-state index in [0.717, 1.165) is 23.4 Å². The van der Waals surface area contributed by atoms with E-state index in [4.69, 9.17) is 16.3 Å². The molecule has 1 unspecified atom stereocenters. The number of aryl methyl sites for hydroxylation is 1. The minimum atomic E-state index is -0.787. The number of halogens is 1. The lowest BCUT2D eigenvalue weighted by Crippen LogP contribution is -2.07. The van der Waals surface area contributed by atoms with E-state index < -0.39 is 10.8 Å². The number of fused-ring (bicyclic) bond motifs is 1. The second-order valence-corrected chi connectivity index (χ2v) is 5.96. The van der Waals surface area contributed by atoms with Gasteiger partial charge in [-0.2, -0.15) is 4.98 Å². The number of nitrogens with zero attached hydrogens (tertiary/aromatic N) is 3. The van der Waals surface area contributed by atoms with Crippen molar-refractivity contribution in [3.05, 3.63) is 18.0 Å². The SMILES string of the molecule is COc1ccc2nc(CCl)n(CCCS(C)=O)c2n1. The predicted molar refractivity (Wildman–Crippen MR) is 77.2 cm³/mol.